The number of hydrazone groups is 1. The summed E-state index contributed by atoms with van der Waals surface area (Å²) in [6.45, 7) is 0.203. The summed E-state index contributed by atoms with van der Waals surface area (Å²) < 4.78 is 24.2. The number of halogens is 1. The maximum absolute atomic E-state index is 13.1. The number of hydrogen-bond donors (Lipinski definition) is 2. The molecular weight excluding hydrogens is 449 g/mol. The largest absolute Gasteiger partial charge is 0.496 e. The molecule has 4 aromatic rings. The van der Waals surface area contributed by atoms with Crippen molar-refractivity contribution >= 4 is 12.2 Å². The lowest BCUT2D eigenvalue weighted by Crippen LogP contribution is -2.16. The lowest BCUT2D eigenvalue weighted by Gasteiger charge is -2.11. The van der Waals surface area contributed by atoms with Crippen LogP contribution in [0.25, 0.3) is 11.3 Å². The van der Waals surface area contributed by atoms with Crippen LogP contribution in [-0.2, 0) is 6.61 Å². The van der Waals surface area contributed by atoms with Gasteiger partial charge < -0.3 is 9.47 Å². The van der Waals surface area contributed by atoms with Gasteiger partial charge >= 0.3 is 0 Å². The number of aromatic amines is 1. The third-order valence-electron chi connectivity index (χ3n) is 4.97. The number of nitrogens with one attached hydrogen (secondary N) is 2. The molecule has 0 atom stereocenters. The molecule has 1 aromatic heterocycles. The SMILES string of the molecule is COc1ccc(C=NNc2nc(-c3ccccc3)c(C#N)c(=O)[nH]2)cc1COc1ccc(F)cc1. The molecule has 0 bridgehead atoms. The lowest BCUT2D eigenvalue weighted by molar-refractivity contribution is 0.296. The Morgan fingerprint density at radius 1 is 1.14 bits per heavy atom. The lowest BCUT2D eigenvalue weighted by atomic mass is 10.1. The first-order valence-electron chi connectivity index (χ1n) is 10.5. The molecule has 0 saturated carbocycles. The maximum atomic E-state index is 13.1. The van der Waals surface area contributed by atoms with Gasteiger partial charge in [0, 0.05) is 11.1 Å². The third kappa shape index (κ3) is 5.69. The Morgan fingerprint density at radius 2 is 1.91 bits per heavy atom. The molecule has 35 heavy (non-hydrogen) atoms. The highest BCUT2D eigenvalue weighted by Gasteiger charge is 2.13. The summed E-state index contributed by atoms with van der Waals surface area (Å²) >= 11 is 0. The van der Waals surface area contributed by atoms with Crippen LogP contribution >= 0.6 is 0 Å². The van der Waals surface area contributed by atoms with Crippen LogP contribution < -0.4 is 20.5 Å². The predicted molar refractivity (Wildman–Crippen MR) is 130 cm³/mol. The average molecular weight is 469 g/mol. The molecule has 0 saturated heterocycles. The minimum absolute atomic E-state index is 0.0771. The molecular formula is C26H20FN5O3. The first-order valence-corrected chi connectivity index (χ1v) is 10.5. The summed E-state index contributed by atoms with van der Waals surface area (Å²) in [4.78, 5) is 19.2. The Bertz CT molecular complexity index is 1450. The molecule has 1 heterocycles. The zero-order chi connectivity index (χ0) is 24.6. The molecule has 0 spiro atoms. The van der Waals surface area contributed by atoms with Crippen LogP contribution in [0.4, 0.5) is 10.3 Å². The number of nitrogens with zero attached hydrogens (tertiary/aromatic N) is 3. The van der Waals surface area contributed by atoms with E-state index in [1.807, 2.05) is 18.2 Å². The van der Waals surface area contributed by atoms with Crippen molar-refractivity contribution in [2.45, 2.75) is 6.61 Å². The summed E-state index contributed by atoms with van der Waals surface area (Å²) in [7, 11) is 1.56. The van der Waals surface area contributed by atoms with E-state index >= 15 is 0 Å². The van der Waals surface area contributed by atoms with Crippen LogP contribution in [0.3, 0.4) is 0 Å². The monoisotopic (exact) mass is 469 g/mol. The van der Waals surface area contributed by atoms with Crippen molar-refractivity contribution < 1.29 is 13.9 Å². The molecule has 0 fully saturated rings. The molecule has 174 valence electrons. The van der Waals surface area contributed by atoms with E-state index in [0.717, 1.165) is 11.1 Å². The molecule has 4 rings (SSSR count). The molecule has 3 aromatic carbocycles. The van der Waals surface area contributed by atoms with Gasteiger partial charge in [0.15, 0.2) is 0 Å². The number of aromatic nitrogens is 2. The van der Waals surface area contributed by atoms with Gasteiger partial charge in [0.2, 0.25) is 5.95 Å². The van der Waals surface area contributed by atoms with Gasteiger partial charge in [0.25, 0.3) is 5.56 Å². The average Bonchev–Trinajstić information content (AvgIpc) is 2.88. The van der Waals surface area contributed by atoms with E-state index in [1.165, 1.54) is 12.1 Å². The van der Waals surface area contributed by atoms with E-state index < -0.39 is 5.56 Å². The molecule has 0 aliphatic heterocycles. The minimum Gasteiger partial charge on any atom is -0.496 e. The summed E-state index contributed by atoms with van der Waals surface area (Å²) in [5, 5.41) is 13.5. The van der Waals surface area contributed by atoms with Gasteiger partial charge in [0.1, 0.15) is 35.6 Å². The number of H-pyrrole nitrogens is 1. The van der Waals surface area contributed by atoms with Crippen LogP contribution in [-0.4, -0.2) is 23.3 Å². The van der Waals surface area contributed by atoms with Crippen LogP contribution in [0.2, 0.25) is 0 Å². The number of rotatable bonds is 8. The van der Waals surface area contributed by atoms with Crippen molar-refractivity contribution in [1.29, 1.82) is 5.26 Å². The van der Waals surface area contributed by atoms with Gasteiger partial charge in [-0.15, -0.1) is 0 Å². The van der Waals surface area contributed by atoms with Gasteiger partial charge in [-0.25, -0.2) is 14.8 Å². The number of anilines is 1. The zero-order valence-corrected chi connectivity index (χ0v) is 18.7. The summed E-state index contributed by atoms with van der Waals surface area (Å²) in [5.74, 6) is 0.911. The molecule has 0 aliphatic carbocycles. The van der Waals surface area contributed by atoms with Gasteiger partial charge in [-0.05, 0) is 48.0 Å². The second-order valence-electron chi connectivity index (χ2n) is 7.30. The number of ether oxygens (including phenoxy) is 2. The Hall–Kier alpha value is -4.97. The second kappa shape index (κ2) is 10.8. The van der Waals surface area contributed by atoms with E-state index in [4.69, 9.17) is 9.47 Å². The van der Waals surface area contributed by atoms with Crippen molar-refractivity contribution in [1.82, 2.24) is 9.97 Å². The minimum atomic E-state index is -0.566. The molecule has 9 heteroatoms. The molecule has 2 N–H and O–H groups in total. The fraction of sp³-hybridized carbons (Fsp3) is 0.0769. The van der Waals surface area contributed by atoms with Crippen molar-refractivity contribution in [3.63, 3.8) is 0 Å². The molecule has 0 amide bonds. The molecule has 0 unspecified atom stereocenters. The van der Waals surface area contributed by atoms with Crippen LogP contribution in [0.5, 0.6) is 11.5 Å². The van der Waals surface area contributed by atoms with Gasteiger partial charge in [-0.2, -0.15) is 10.4 Å². The topological polar surface area (TPSA) is 112 Å². The fourth-order valence-corrected chi connectivity index (χ4v) is 3.29. The summed E-state index contributed by atoms with van der Waals surface area (Å²) in [6, 6.07) is 22.0. The van der Waals surface area contributed by atoms with E-state index in [-0.39, 0.29) is 29.6 Å². The van der Waals surface area contributed by atoms with Gasteiger partial charge in [0.05, 0.1) is 19.0 Å². The normalized spacial score (nSPS) is 10.7. The van der Waals surface area contributed by atoms with Crippen LogP contribution in [0.1, 0.15) is 16.7 Å². The van der Waals surface area contributed by atoms with Crippen LogP contribution in [0, 0.1) is 17.1 Å². The Labute approximate surface area is 200 Å². The number of hydrogen-bond acceptors (Lipinski definition) is 7. The Kier molecular flexibility index (Phi) is 7.13. The summed E-state index contributed by atoms with van der Waals surface area (Å²) in [5.41, 5.74) is 4.46. The zero-order valence-electron chi connectivity index (χ0n) is 18.7. The third-order valence-corrected chi connectivity index (χ3v) is 4.97. The highest BCUT2D eigenvalue weighted by atomic mass is 19.1. The number of nitriles is 1. The first kappa shape index (κ1) is 23.2. The quantitative estimate of drug-likeness (QED) is 0.291. The fourth-order valence-electron chi connectivity index (χ4n) is 3.29. The van der Waals surface area contributed by atoms with Crippen molar-refractivity contribution in [3.8, 4) is 28.8 Å². The van der Waals surface area contributed by atoms with Gasteiger partial charge in [-0.1, -0.05) is 30.3 Å². The standard InChI is InChI=1S/C26H20FN5O3/c1-34-23-12-7-17(13-19(23)16-35-21-10-8-20(27)9-11-21)15-29-32-26-30-24(18-5-3-2-4-6-18)22(14-28)25(33)31-26/h2-13,15H,16H2,1H3,(H2,30,31,32,33). The second-order valence-corrected chi connectivity index (χ2v) is 7.30. The van der Waals surface area contributed by atoms with E-state index in [0.29, 0.717) is 17.1 Å². The van der Waals surface area contributed by atoms with E-state index in [2.05, 4.69) is 20.5 Å². The molecule has 0 radical (unpaired) electrons. The Morgan fingerprint density at radius 3 is 2.63 bits per heavy atom. The smallest absolute Gasteiger partial charge is 0.270 e. The van der Waals surface area contributed by atoms with Crippen molar-refractivity contribution in [3.05, 3.63) is 106 Å². The maximum Gasteiger partial charge on any atom is 0.270 e. The highest BCUT2D eigenvalue weighted by molar-refractivity contribution is 5.81. The first-order chi connectivity index (χ1) is 17.1. The Balaban J connectivity index is 1.52. The number of methoxy groups -OCH3 is 1. The van der Waals surface area contributed by atoms with E-state index in [1.54, 1.807) is 61.9 Å². The van der Waals surface area contributed by atoms with Crippen molar-refractivity contribution in [2.75, 3.05) is 12.5 Å². The van der Waals surface area contributed by atoms with E-state index in [9.17, 15) is 14.4 Å². The summed E-state index contributed by atoms with van der Waals surface area (Å²) in [6.07, 6.45) is 1.54. The van der Waals surface area contributed by atoms with Gasteiger partial charge in [-0.3, -0.25) is 9.78 Å². The highest BCUT2D eigenvalue weighted by Crippen LogP contribution is 2.22. The molecule has 0 aliphatic rings. The molecule has 8 nitrogen and oxygen atoms in total. The number of benzene rings is 3. The predicted octanol–water partition coefficient (Wildman–Crippen LogP) is 4.48. The van der Waals surface area contributed by atoms with Crippen LogP contribution in [0.15, 0.2) is 82.7 Å². The van der Waals surface area contributed by atoms with Crippen molar-refractivity contribution in [2.24, 2.45) is 5.10 Å².